The Labute approximate surface area is 149 Å². The van der Waals surface area contributed by atoms with Crippen LogP contribution in [0.25, 0.3) is 0 Å². The Kier molecular flexibility index (Phi) is 4.58. The lowest BCUT2D eigenvalue weighted by atomic mass is 10.1. The minimum Gasteiger partial charge on any atom is -0.375 e. The number of amides is 1. The van der Waals surface area contributed by atoms with Gasteiger partial charge < -0.3 is 10.1 Å². The molecule has 138 valence electrons. The van der Waals surface area contributed by atoms with E-state index in [1.807, 2.05) is 11.6 Å². The highest BCUT2D eigenvalue weighted by atomic mass is 16.5. The molecule has 3 atom stereocenters. The summed E-state index contributed by atoms with van der Waals surface area (Å²) < 4.78 is 7.89. The van der Waals surface area contributed by atoms with Crippen LogP contribution in [0, 0.1) is 19.8 Å². The zero-order chi connectivity index (χ0) is 17.6. The minimum atomic E-state index is 0.0674. The van der Waals surface area contributed by atoms with Crippen LogP contribution < -0.4 is 5.32 Å². The molecule has 1 aliphatic carbocycles. The normalized spacial score (nSPS) is 29.6. The van der Waals surface area contributed by atoms with E-state index in [9.17, 15) is 4.79 Å². The number of ether oxygens (including phenoxy) is 1. The molecule has 2 aliphatic heterocycles. The van der Waals surface area contributed by atoms with Gasteiger partial charge in [-0.15, -0.1) is 0 Å². The van der Waals surface area contributed by atoms with Crippen LogP contribution in [-0.4, -0.2) is 58.5 Å². The lowest BCUT2D eigenvalue weighted by Crippen LogP contribution is -2.47. The first-order valence-electron chi connectivity index (χ1n) is 9.73. The highest BCUT2D eigenvalue weighted by Gasteiger charge is 2.42. The number of morpholine rings is 1. The molecule has 1 N–H and O–H groups in total. The summed E-state index contributed by atoms with van der Waals surface area (Å²) in [6.07, 6.45) is 5.03. The standard InChI is InChI=1S/C19H30N4O2/c1-4-17-12(2)21-23(13(17)3)10-19(24)20-15-7-16-11-25-18(14-5-6-14)9-22(16)8-15/h14-16,18H,4-11H2,1-3H3,(H,20,24)/t15-,16-,18+/m0/s1. The summed E-state index contributed by atoms with van der Waals surface area (Å²) in [6.45, 7) is 9.34. The summed E-state index contributed by atoms with van der Waals surface area (Å²) >= 11 is 0. The van der Waals surface area contributed by atoms with Gasteiger partial charge >= 0.3 is 0 Å². The zero-order valence-corrected chi connectivity index (χ0v) is 15.6. The monoisotopic (exact) mass is 346 g/mol. The molecule has 6 nitrogen and oxygen atoms in total. The molecule has 4 rings (SSSR count). The largest absolute Gasteiger partial charge is 0.375 e. The Balaban J connectivity index is 1.31. The number of carbonyl (C=O) groups is 1. The molecule has 3 heterocycles. The molecule has 1 aromatic rings. The first-order valence-corrected chi connectivity index (χ1v) is 9.73. The topological polar surface area (TPSA) is 59.4 Å². The van der Waals surface area contributed by atoms with Crippen molar-refractivity contribution < 1.29 is 9.53 Å². The summed E-state index contributed by atoms with van der Waals surface area (Å²) in [5.74, 6) is 0.853. The minimum absolute atomic E-state index is 0.0674. The Hall–Kier alpha value is -1.40. The molecule has 0 aromatic carbocycles. The van der Waals surface area contributed by atoms with Crippen molar-refractivity contribution in [3.05, 3.63) is 17.0 Å². The third kappa shape index (κ3) is 3.47. The molecule has 1 aromatic heterocycles. The summed E-state index contributed by atoms with van der Waals surface area (Å²) in [5, 5.41) is 7.75. The molecule has 0 bridgehead atoms. The summed E-state index contributed by atoms with van der Waals surface area (Å²) in [4.78, 5) is 15.0. The number of hydrogen-bond donors (Lipinski definition) is 1. The molecule has 1 amide bonds. The van der Waals surface area contributed by atoms with Gasteiger partial charge in [-0.05, 0) is 51.0 Å². The smallest absolute Gasteiger partial charge is 0.242 e. The van der Waals surface area contributed by atoms with E-state index in [-0.39, 0.29) is 11.9 Å². The molecular formula is C19H30N4O2. The summed E-state index contributed by atoms with van der Waals surface area (Å²) in [7, 11) is 0. The average molecular weight is 346 g/mol. The third-order valence-electron chi connectivity index (χ3n) is 6.14. The molecule has 25 heavy (non-hydrogen) atoms. The molecule has 0 radical (unpaired) electrons. The van der Waals surface area contributed by atoms with Crippen LogP contribution in [0.4, 0.5) is 0 Å². The molecule has 2 saturated heterocycles. The molecule has 1 saturated carbocycles. The lowest BCUT2D eigenvalue weighted by molar-refractivity contribution is -0.122. The Morgan fingerprint density at radius 2 is 2.12 bits per heavy atom. The summed E-state index contributed by atoms with van der Waals surface area (Å²) in [6, 6.07) is 0.711. The maximum atomic E-state index is 12.5. The number of hydrogen-bond acceptors (Lipinski definition) is 4. The SMILES string of the molecule is CCc1c(C)nn(CC(=O)N[C@H]2C[C@H]3CO[C@@H](C4CC4)CN3C2)c1C. The van der Waals surface area contributed by atoms with Crippen molar-refractivity contribution in [3.63, 3.8) is 0 Å². The Bertz CT molecular complexity index is 652. The van der Waals surface area contributed by atoms with Gasteiger partial charge in [0.05, 0.1) is 18.4 Å². The van der Waals surface area contributed by atoms with E-state index in [1.54, 1.807) is 0 Å². The van der Waals surface area contributed by atoms with Gasteiger partial charge in [-0.3, -0.25) is 14.4 Å². The highest BCUT2D eigenvalue weighted by molar-refractivity contribution is 5.76. The number of fused-ring (bicyclic) bond motifs is 1. The fourth-order valence-corrected chi connectivity index (χ4v) is 4.57. The fraction of sp³-hybridized carbons (Fsp3) is 0.789. The van der Waals surface area contributed by atoms with Crippen LogP contribution in [0.3, 0.4) is 0 Å². The van der Waals surface area contributed by atoms with Gasteiger partial charge in [0.15, 0.2) is 0 Å². The maximum Gasteiger partial charge on any atom is 0.242 e. The lowest BCUT2D eigenvalue weighted by Gasteiger charge is -2.35. The average Bonchev–Trinajstić information content (AvgIpc) is 3.29. The summed E-state index contributed by atoms with van der Waals surface area (Å²) in [5.41, 5.74) is 3.41. The fourth-order valence-electron chi connectivity index (χ4n) is 4.57. The predicted octanol–water partition coefficient (Wildman–Crippen LogP) is 1.43. The van der Waals surface area contributed by atoms with E-state index in [0.717, 1.165) is 49.8 Å². The third-order valence-corrected chi connectivity index (χ3v) is 6.14. The highest BCUT2D eigenvalue weighted by Crippen LogP contribution is 2.37. The second-order valence-electron chi connectivity index (χ2n) is 7.98. The predicted molar refractivity (Wildman–Crippen MR) is 95.5 cm³/mol. The van der Waals surface area contributed by atoms with Crippen molar-refractivity contribution in [2.75, 3.05) is 19.7 Å². The molecule has 3 aliphatic rings. The van der Waals surface area contributed by atoms with E-state index in [1.165, 1.54) is 18.4 Å². The van der Waals surface area contributed by atoms with Crippen molar-refractivity contribution in [2.24, 2.45) is 5.92 Å². The van der Waals surface area contributed by atoms with Crippen molar-refractivity contribution in [2.45, 2.75) is 71.2 Å². The van der Waals surface area contributed by atoms with Crippen LogP contribution in [0.5, 0.6) is 0 Å². The Morgan fingerprint density at radius 3 is 2.80 bits per heavy atom. The van der Waals surface area contributed by atoms with Crippen molar-refractivity contribution >= 4 is 5.91 Å². The Morgan fingerprint density at radius 1 is 1.32 bits per heavy atom. The van der Waals surface area contributed by atoms with E-state index in [0.29, 0.717) is 18.7 Å². The molecule has 6 heteroatoms. The first kappa shape index (κ1) is 17.0. The number of nitrogens with zero attached hydrogens (tertiary/aromatic N) is 3. The van der Waals surface area contributed by atoms with Crippen molar-refractivity contribution in [1.82, 2.24) is 20.0 Å². The van der Waals surface area contributed by atoms with Gasteiger partial charge in [0, 0.05) is 30.9 Å². The number of nitrogens with one attached hydrogen (secondary N) is 1. The van der Waals surface area contributed by atoms with E-state index in [4.69, 9.17) is 4.74 Å². The molecule has 3 fully saturated rings. The van der Waals surface area contributed by atoms with E-state index in [2.05, 4.69) is 29.2 Å². The van der Waals surface area contributed by atoms with Gasteiger partial charge in [0.1, 0.15) is 6.54 Å². The number of aryl methyl sites for hydroxylation is 1. The van der Waals surface area contributed by atoms with Gasteiger partial charge in [-0.1, -0.05) is 6.92 Å². The molecular weight excluding hydrogens is 316 g/mol. The van der Waals surface area contributed by atoms with E-state index < -0.39 is 0 Å². The van der Waals surface area contributed by atoms with Gasteiger partial charge in [0.25, 0.3) is 0 Å². The van der Waals surface area contributed by atoms with Crippen LogP contribution in [0.15, 0.2) is 0 Å². The second kappa shape index (κ2) is 6.72. The molecule has 0 spiro atoms. The first-order chi connectivity index (χ1) is 12.0. The van der Waals surface area contributed by atoms with Gasteiger partial charge in [0.2, 0.25) is 5.91 Å². The molecule has 0 unspecified atom stereocenters. The van der Waals surface area contributed by atoms with Crippen LogP contribution in [0.2, 0.25) is 0 Å². The second-order valence-corrected chi connectivity index (χ2v) is 7.98. The van der Waals surface area contributed by atoms with Crippen molar-refractivity contribution in [3.8, 4) is 0 Å². The zero-order valence-electron chi connectivity index (χ0n) is 15.6. The van der Waals surface area contributed by atoms with Crippen LogP contribution in [0.1, 0.15) is 43.1 Å². The number of aromatic nitrogens is 2. The van der Waals surface area contributed by atoms with Crippen LogP contribution >= 0.6 is 0 Å². The quantitative estimate of drug-likeness (QED) is 0.876. The van der Waals surface area contributed by atoms with E-state index >= 15 is 0 Å². The number of carbonyl (C=O) groups excluding carboxylic acids is 1. The maximum absolute atomic E-state index is 12.5. The number of rotatable bonds is 5. The van der Waals surface area contributed by atoms with Crippen LogP contribution in [-0.2, 0) is 22.5 Å². The van der Waals surface area contributed by atoms with Crippen molar-refractivity contribution in [1.29, 1.82) is 0 Å². The van der Waals surface area contributed by atoms with Gasteiger partial charge in [-0.2, -0.15) is 5.10 Å². The van der Waals surface area contributed by atoms with Gasteiger partial charge in [-0.25, -0.2) is 0 Å².